The van der Waals surface area contributed by atoms with Crippen molar-refractivity contribution >= 4 is 71.6 Å². The van der Waals surface area contributed by atoms with Gasteiger partial charge in [-0.05, 0) is 100 Å². The second-order valence-corrected chi connectivity index (χ2v) is 10.5. The van der Waals surface area contributed by atoms with Crippen LogP contribution in [0.1, 0.15) is 42.6 Å². The SMILES string of the molecule is [2H]c1c([2H])c([2H])c(N(c2c([2H])c([2H])c(-c3c([2H])c([2H])c4c([2H])c([2H])c([CH])c([2H])c4c3[2H])c([2H])c2[2H])c2c([2H])c([2H])c3c(oc4c([2H])c([2H])c([2H])c(-c5nc6c(o5)c([2H])c([2H])c5c([2H])c([2H])c([2H])c([2H])c56)c43)c2[2H])c([2H])c1[2H]. The van der Waals surface area contributed by atoms with Crippen LogP contribution in [0.15, 0.2) is 172 Å². The summed E-state index contributed by atoms with van der Waals surface area (Å²) < 4.78 is 252. The molecule has 2 aromatic heterocycles. The standard InChI is InChI=1S/C46H28N2O2/c1-29-14-15-31-16-17-33(27-34(31)26-29)30-18-21-36(22-19-30)48(35-9-3-2-4-10-35)37-23-24-39-43(28-37)49-41-13-7-12-40(44(39)41)46-47-45-38-11-6-5-8-32(38)20-25-42(45)50-46/h1-28H/i2D,3D,4D,5D,6D,7D,8D,9D,10D,11D,12D,13D,14D,15D,16D,17D,18D,19D,20D,21D,22D,23D,24D,25D,26D,27D,28D. The topological polar surface area (TPSA) is 42.4 Å². The highest BCUT2D eigenvalue weighted by Crippen LogP contribution is 2.42. The zero-order valence-electron chi connectivity index (χ0n) is 51.8. The van der Waals surface area contributed by atoms with Gasteiger partial charge < -0.3 is 13.7 Å². The average Bonchev–Trinajstić information content (AvgIpc) is 4.15. The second kappa shape index (κ2) is 11.2. The Hall–Kier alpha value is -6.65. The third kappa shape index (κ3) is 4.65. The number of oxazole rings is 1. The van der Waals surface area contributed by atoms with Gasteiger partial charge in [0.1, 0.15) is 16.7 Å². The Morgan fingerprint density at radius 2 is 1.26 bits per heavy atom. The van der Waals surface area contributed by atoms with Crippen LogP contribution in [0.2, 0.25) is 0 Å². The van der Waals surface area contributed by atoms with Crippen LogP contribution in [0.3, 0.4) is 0 Å². The summed E-state index contributed by atoms with van der Waals surface area (Å²) in [6.07, 6.45) is 0. The molecule has 4 heteroatoms. The van der Waals surface area contributed by atoms with Crippen molar-refractivity contribution in [2.24, 2.45) is 0 Å². The first-order chi connectivity index (χ1) is 35.9. The van der Waals surface area contributed by atoms with Crippen LogP contribution in [0.5, 0.6) is 0 Å². The number of anilines is 3. The maximum absolute atomic E-state index is 9.70. The van der Waals surface area contributed by atoms with E-state index in [2.05, 4.69) is 4.98 Å². The zero-order valence-corrected chi connectivity index (χ0v) is 24.8. The van der Waals surface area contributed by atoms with Gasteiger partial charge >= 0.3 is 0 Å². The molecule has 0 aliphatic carbocycles. The van der Waals surface area contributed by atoms with Gasteiger partial charge in [0.05, 0.1) is 37.0 Å². The second-order valence-electron chi connectivity index (χ2n) is 10.5. The van der Waals surface area contributed by atoms with Crippen molar-refractivity contribution in [3.05, 3.63) is 176 Å². The van der Waals surface area contributed by atoms with E-state index in [0.29, 0.717) is 4.90 Å². The summed E-state index contributed by atoms with van der Waals surface area (Å²) in [5.41, 5.74) is -8.20. The number of rotatable bonds is 5. The fraction of sp³-hybridized carbons (Fsp3) is 0. The van der Waals surface area contributed by atoms with Crippen molar-refractivity contribution in [2.45, 2.75) is 0 Å². The predicted octanol–water partition coefficient (Wildman–Crippen LogP) is 12.9. The minimum Gasteiger partial charge on any atom is -0.456 e. The number of benzene rings is 8. The first-order valence-corrected chi connectivity index (χ1v) is 14.5. The maximum atomic E-state index is 9.70. The molecular weight excluding hydrogens is 613 g/mol. The molecule has 0 spiro atoms. The molecule has 0 fully saturated rings. The Bertz CT molecular complexity index is 4390. The first-order valence-electron chi connectivity index (χ1n) is 28.0. The van der Waals surface area contributed by atoms with E-state index in [-0.39, 0.29) is 5.39 Å². The van der Waals surface area contributed by atoms with Crippen LogP contribution in [0.25, 0.3) is 77.2 Å². The van der Waals surface area contributed by atoms with Crippen molar-refractivity contribution in [2.75, 3.05) is 4.90 Å². The molecule has 234 valence electrons. The molecule has 0 aliphatic rings. The van der Waals surface area contributed by atoms with Crippen molar-refractivity contribution < 1.29 is 45.8 Å². The summed E-state index contributed by atoms with van der Waals surface area (Å²) in [5, 5.41) is -2.89. The molecule has 10 aromatic rings. The summed E-state index contributed by atoms with van der Waals surface area (Å²) in [5.74, 6) is -0.677. The molecule has 8 aromatic carbocycles. The number of para-hydroxylation sites is 1. The molecule has 0 atom stereocenters. The lowest BCUT2D eigenvalue weighted by Crippen LogP contribution is -2.09. The quantitative estimate of drug-likeness (QED) is 0.183. The molecule has 50 heavy (non-hydrogen) atoms. The highest BCUT2D eigenvalue weighted by Gasteiger charge is 2.20. The largest absolute Gasteiger partial charge is 0.456 e. The Morgan fingerprint density at radius 3 is 2.16 bits per heavy atom. The molecular formula is C46H28N2O2. The van der Waals surface area contributed by atoms with Crippen LogP contribution in [0.4, 0.5) is 17.1 Å². The summed E-state index contributed by atoms with van der Waals surface area (Å²) in [4.78, 5) is 4.80. The molecule has 0 aliphatic heterocycles. The van der Waals surface area contributed by atoms with Gasteiger partial charge in [0.25, 0.3) is 0 Å². The predicted molar refractivity (Wildman–Crippen MR) is 205 cm³/mol. The lowest BCUT2D eigenvalue weighted by Gasteiger charge is -2.25. The lowest BCUT2D eigenvalue weighted by atomic mass is 10.00. The molecule has 0 saturated carbocycles. The number of hydrogen-bond acceptors (Lipinski definition) is 4. The zero-order chi connectivity index (χ0) is 56.7. The number of hydrogen-bond donors (Lipinski definition) is 0. The Labute approximate surface area is 326 Å². The molecule has 10 rings (SSSR count). The van der Waals surface area contributed by atoms with Crippen molar-refractivity contribution in [1.29, 1.82) is 0 Å². The van der Waals surface area contributed by atoms with Gasteiger partial charge in [0, 0.05) is 44.8 Å². The molecule has 0 saturated heterocycles. The van der Waals surface area contributed by atoms with E-state index in [1.165, 1.54) is 0 Å². The molecule has 0 N–H and O–H groups in total. The van der Waals surface area contributed by atoms with Crippen LogP contribution < -0.4 is 4.90 Å². The van der Waals surface area contributed by atoms with Crippen LogP contribution in [-0.2, 0) is 0 Å². The Balaban J connectivity index is 1.32. The average molecular weight is 668 g/mol. The molecule has 4 nitrogen and oxygen atoms in total. The smallest absolute Gasteiger partial charge is 0.228 e. The maximum Gasteiger partial charge on any atom is 0.228 e. The van der Waals surface area contributed by atoms with Gasteiger partial charge in [-0.3, -0.25) is 0 Å². The van der Waals surface area contributed by atoms with E-state index in [1.807, 2.05) is 0 Å². The minimum atomic E-state index is -1.19. The number of furan rings is 1. The first kappa shape index (κ1) is 12.3. The fourth-order valence-electron chi connectivity index (χ4n) is 5.34. The summed E-state index contributed by atoms with van der Waals surface area (Å²) >= 11 is 0. The van der Waals surface area contributed by atoms with E-state index in [0.717, 1.165) is 0 Å². The van der Waals surface area contributed by atoms with Crippen molar-refractivity contribution in [3.63, 3.8) is 0 Å². The lowest BCUT2D eigenvalue weighted by molar-refractivity contribution is 0.620. The summed E-state index contributed by atoms with van der Waals surface area (Å²) in [6, 6.07) is -24.6. The Morgan fingerprint density at radius 1 is 0.500 bits per heavy atom. The fourth-order valence-corrected chi connectivity index (χ4v) is 5.34. The number of aromatic nitrogens is 1. The minimum absolute atomic E-state index is 0.357. The Kier molecular flexibility index (Phi) is 2.77. The van der Waals surface area contributed by atoms with Gasteiger partial charge in [-0.15, -0.1) is 0 Å². The van der Waals surface area contributed by atoms with Crippen molar-refractivity contribution in [3.8, 4) is 22.6 Å². The van der Waals surface area contributed by atoms with Gasteiger partial charge in [-0.1, -0.05) is 96.7 Å². The van der Waals surface area contributed by atoms with E-state index in [9.17, 15) is 9.60 Å². The normalized spacial score (nSPS) is 19.3. The molecule has 2 heterocycles. The summed E-state index contributed by atoms with van der Waals surface area (Å²) in [6.45, 7) is 5.91. The van der Waals surface area contributed by atoms with Crippen LogP contribution in [0, 0.1) is 6.92 Å². The highest BCUT2D eigenvalue weighted by molar-refractivity contribution is 6.13. The third-order valence-corrected chi connectivity index (χ3v) is 7.54. The van der Waals surface area contributed by atoms with Gasteiger partial charge in [0.2, 0.25) is 5.89 Å². The van der Waals surface area contributed by atoms with E-state index in [4.69, 9.17) is 43.2 Å². The number of nitrogens with zero attached hydrogens (tertiary/aromatic N) is 2. The summed E-state index contributed by atoms with van der Waals surface area (Å²) in [7, 11) is 0. The molecule has 0 amide bonds. The van der Waals surface area contributed by atoms with Crippen molar-refractivity contribution in [1.82, 2.24) is 4.98 Å². The number of fused-ring (bicyclic) bond motifs is 7. The van der Waals surface area contributed by atoms with Gasteiger partial charge in [-0.25, -0.2) is 4.98 Å². The van der Waals surface area contributed by atoms with Gasteiger partial charge in [0.15, 0.2) is 5.58 Å². The molecule has 0 bridgehead atoms. The van der Waals surface area contributed by atoms with E-state index in [1.54, 1.807) is 0 Å². The van der Waals surface area contributed by atoms with Gasteiger partial charge in [-0.2, -0.15) is 0 Å². The molecule has 2 radical (unpaired) electrons. The third-order valence-electron chi connectivity index (χ3n) is 7.54. The molecule has 0 unspecified atom stereocenters. The highest BCUT2D eigenvalue weighted by atomic mass is 16.3. The van der Waals surface area contributed by atoms with E-state index < -0.39 is 258 Å². The van der Waals surface area contributed by atoms with E-state index >= 15 is 0 Å². The van der Waals surface area contributed by atoms with Crippen LogP contribution in [-0.4, -0.2) is 4.98 Å². The monoisotopic (exact) mass is 667 g/mol. The van der Waals surface area contributed by atoms with Crippen LogP contribution >= 0.6 is 0 Å².